The number of rotatable bonds is 4. The van der Waals surface area contributed by atoms with Crippen molar-refractivity contribution >= 4 is 14.3 Å². The van der Waals surface area contributed by atoms with E-state index in [1.54, 1.807) is 0 Å². The van der Waals surface area contributed by atoms with Gasteiger partial charge < -0.3 is 14.9 Å². The van der Waals surface area contributed by atoms with Crippen LogP contribution < -0.4 is 5.73 Å². The third-order valence-electron chi connectivity index (χ3n) is 3.84. The van der Waals surface area contributed by atoms with E-state index in [9.17, 15) is 4.79 Å². The second-order valence-corrected chi connectivity index (χ2v) is 11.1. The van der Waals surface area contributed by atoms with Gasteiger partial charge in [-0.2, -0.15) is 0 Å². The molecule has 0 aromatic heterocycles. The van der Waals surface area contributed by atoms with Gasteiger partial charge in [-0.15, -0.1) is 0 Å². The fourth-order valence-electron chi connectivity index (χ4n) is 1.48. The molecule has 17 heavy (non-hydrogen) atoms. The Bertz CT molecular complexity index is 286. The van der Waals surface area contributed by atoms with Gasteiger partial charge in [-0.05, 0) is 24.6 Å². The first-order chi connectivity index (χ1) is 7.63. The number of hydrogen-bond acceptors (Lipinski definition) is 4. The molecule has 5 heteroatoms. The van der Waals surface area contributed by atoms with E-state index in [4.69, 9.17) is 14.9 Å². The molecule has 0 spiro atoms. The Morgan fingerprint density at radius 2 is 2.12 bits per heavy atom. The minimum Gasteiger partial charge on any atom is -0.461 e. The van der Waals surface area contributed by atoms with E-state index in [-0.39, 0.29) is 23.2 Å². The lowest BCUT2D eigenvalue weighted by molar-refractivity contribution is -0.142. The summed E-state index contributed by atoms with van der Waals surface area (Å²) in [5.74, 6) is -0.141. The molecule has 2 N–H and O–H groups in total. The summed E-state index contributed by atoms with van der Waals surface area (Å²) in [6.45, 7) is 11.5. The minimum absolute atomic E-state index is 0.141. The number of cyclic esters (lactones) is 1. The van der Waals surface area contributed by atoms with Crippen molar-refractivity contribution in [1.82, 2.24) is 0 Å². The zero-order valence-corrected chi connectivity index (χ0v) is 12.6. The molecule has 1 aliphatic rings. The second kappa shape index (κ2) is 5.08. The number of carbonyl (C=O) groups excluding carboxylic acids is 1. The molecule has 4 nitrogen and oxygen atoms in total. The molecule has 1 rings (SSSR count). The van der Waals surface area contributed by atoms with Gasteiger partial charge in [0.1, 0.15) is 6.10 Å². The standard InChI is InChI=1S/C12H25NO3Si/c1-12(2,3)17(4,5)15-8-9(13)10-6-7-11(14)16-10/h9-10H,6-8,13H2,1-5H3/t9-,10+/m1/s1. The number of esters is 1. The molecule has 1 aliphatic heterocycles. The van der Waals surface area contributed by atoms with Crippen LogP contribution in [0.5, 0.6) is 0 Å². The van der Waals surface area contributed by atoms with Crippen LogP contribution >= 0.6 is 0 Å². The van der Waals surface area contributed by atoms with E-state index in [2.05, 4.69) is 33.9 Å². The highest BCUT2D eigenvalue weighted by Gasteiger charge is 2.38. The quantitative estimate of drug-likeness (QED) is 0.620. The van der Waals surface area contributed by atoms with Crippen molar-refractivity contribution in [2.45, 2.75) is 63.9 Å². The van der Waals surface area contributed by atoms with Gasteiger partial charge >= 0.3 is 5.97 Å². The lowest BCUT2D eigenvalue weighted by Gasteiger charge is -2.37. The number of hydrogen-bond donors (Lipinski definition) is 1. The highest BCUT2D eigenvalue weighted by molar-refractivity contribution is 6.74. The maximum atomic E-state index is 11.0. The van der Waals surface area contributed by atoms with Crippen molar-refractivity contribution in [3.8, 4) is 0 Å². The molecule has 0 saturated carbocycles. The maximum absolute atomic E-state index is 11.0. The summed E-state index contributed by atoms with van der Waals surface area (Å²) in [6, 6.07) is -0.199. The Balaban J connectivity index is 2.43. The smallest absolute Gasteiger partial charge is 0.306 e. The summed E-state index contributed by atoms with van der Waals surface area (Å²) in [4.78, 5) is 11.0. The molecular formula is C12H25NO3Si. The molecule has 1 fully saturated rings. The first-order valence-corrected chi connectivity index (χ1v) is 9.13. The van der Waals surface area contributed by atoms with Crippen molar-refractivity contribution in [2.24, 2.45) is 5.73 Å². The third kappa shape index (κ3) is 3.79. The predicted octanol–water partition coefficient (Wildman–Crippen LogP) is 2.04. The summed E-state index contributed by atoms with van der Waals surface area (Å²) in [5, 5.41) is 0.180. The monoisotopic (exact) mass is 259 g/mol. The van der Waals surface area contributed by atoms with Gasteiger partial charge in [0.2, 0.25) is 0 Å². The van der Waals surface area contributed by atoms with Crippen LogP contribution in [-0.2, 0) is 14.0 Å². The fourth-order valence-corrected chi connectivity index (χ4v) is 2.52. The molecule has 0 bridgehead atoms. The van der Waals surface area contributed by atoms with Gasteiger partial charge in [0, 0.05) is 6.42 Å². The Hall–Kier alpha value is -0.393. The highest BCUT2D eigenvalue weighted by atomic mass is 28.4. The molecule has 0 amide bonds. The van der Waals surface area contributed by atoms with E-state index in [1.807, 2.05) is 0 Å². The lowest BCUT2D eigenvalue weighted by atomic mass is 10.1. The third-order valence-corrected chi connectivity index (χ3v) is 8.34. The normalized spacial score (nSPS) is 23.6. The summed E-state index contributed by atoms with van der Waals surface area (Å²) in [7, 11) is -1.76. The molecule has 0 unspecified atom stereocenters. The van der Waals surface area contributed by atoms with E-state index >= 15 is 0 Å². The Morgan fingerprint density at radius 1 is 1.53 bits per heavy atom. The minimum atomic E-state index is -1.76. The summed E-state index contributed by atoms with van der Waals surface area (Å²) in [5.41, 5.74) is 6.01. The van der Waals surface area contributed by atoms with Gasteiger partial charge in [-0.3, -0.25) is 4.79 Å². The van der Waals surface area contributed by atoms with Gasteiger partial charge in [0.25, 0.3) is 0 Å². The average molecular weight is 259 g/mol. The number of ether oxygens (including phenoxy) is 1. The van der Waals surface area contributed by atoms with E-state index in [0.717, 1.165) is 6.42 Å². The van der Waals surface area contributed by atoms with Crippen molar-refractivity contribution in [1.29, 1.82) is 0 Å². The predicted molar refractivity (Wildman–Crippen MR) is 70.2 cm³/mol. The van der Waals surface area contributed by atoms with Crippen molar-refractivity contribution in [3.05, 3.63) is 0 Å². The summed E-state index contributed by atoms with van der Waals surface area (Å²) >= 11 is 0. The molecule has 2 atom stereocenters. The molecule has 1 saturated heterocycles. The SMILES string of the molecule is CC(C)(C)[Si](C)(C)OC[C@@H](N)[C@@H]1CCC(=O)O1. The molecule has 0 aromatic carbocycles. The van der Waals surface area contributed by atoms with Crippen LogP contribution in [0.2, 0.25) is 18.1 Å². The van der Waals surface area contributed by atoms with Gasteiger partial charge in [0.05, 0.1) is 12.6 Å². The van der Waals surface area contributed by atoms with Crippen molar-refractivity contribution in [2.75, 3.05) is 6.61 Å². The number of carbonyl (C=O) groups is 1. The van der Waals surface area contributed by atoms with E-state index < -0.39 is 8.32 Å². The summed E-state index contributed by atoms with van der Waals surface area (Å²) in [6.07, 6.45) is 1.05. The van der Waals surface area contributed by atoms with E-state index in [0.29, 0.717) is 13.0 Å². The Morgan fingerprint density at radius 3 is 2.53 bits per heavy atom. The van der Waals surface area contributed by atoms with Crippen molar-refractivity contribution < 1.29 is 14.0 Å². The molecule has 0 aliphatic carbocycles. The molecular weight excluding hydrogens is 234 g/mol. The molecule has 0 aromatic rings. The number of nitrogens with two attached hydrogens (primary N) is 1. The van der Waals surface area contributed by atoms with Gasteiger partial charge in [-0.1, -0.05) is 20.8 Å². The zero-order valence-electron chi connectivity index (χ0n) is 11.6. The van der Waals surface area contributed by atoms with Gasteiger partial charge in [-0.25, -0.2) is 0 Å². The fraction of sp³-hybridized carbons (Fsp3) is 0.917. The first kappa shape index (κ1) is 14.7. The van der Waals surface area contributed by atoms with Crippen LogP contribution in [0.3, 0.4) is 0 Å². The van der Waals surface area contributed by atoms with Crippen molar-refractivity contribution in [3.63, 3.8) is 0 Å². The Labute approximate surface area is 105 Å². The van der Waals surface area contributed by atoms with Crippen LogP contribution in [0, 0.1) is 0 Å². The maximum Gasteiger partial charge on any atom is 0.306 e. The van der Waals surface area contributed by atoms with Crippen LogP contribution in [-0.4, -0.2) is 33.0 Å². The summed E-state index contributed by atoms with van der Waals surface area (Å²) < 4.78 is 11.2. The van der Waals surface area contributed by atoms with Crippen LogP contribution in [0.4, 0.5) is 0 Å². The largest absolute Gasteiger partial charge is 0.461 e. The van der Waals surface area contributed by atoms with Crippen LogP contribution in [0.1, 0.15) is 33.6 Å². The average Bonchev–Trinajstić information content (AvgIpc) is 2.59. The topological polar surface area (TPSA) is 61.5 Å². The van der Waals surface area contributed by atoms with Gasteiger partial charge in [0.15, 0.2) is 8.32 Å². The highest BCUT2D eigenvalue weighted by Crippen LogP contribution is 2.36. The Kier molecular flexibility index (Phi) is 4.38. The van der Waals surface area contributed by atoms with E-state index in [1.165, 1.54) is 0 Å². The van der Waals surface area contributed by atoms with Crippen LogP contribution in [0.15, 0.2) is 0 Å². The molecule has 1 heterocycles. The first-order valence-electron chi connectivity index (χ1n) is 6.22. The second-order valence-electron chi connectivity index (χ2n) is 6.30. The molecule has 0 radical (unpaired) electrons. The zero-order chi connectivity index (χ0) is 13.3. The molecule has 100 valence electrons. The van der Waals surface area contributed by atoms with Crippen LogP contribution in [0.25, 0.3) is 0 Å². The lowest BCUT2D eigenvalue weighted by Crippen LogP contribution is -2.47.